The quantitative estimate of drug-likeness (QED) is 0.246. The van der Waals surface area contributed by atoms with Crippen LogP contribution >= 0.6 is 23.2 Å². The molecule has 0 aliphatic carbocycles. The van der Waals surface area contributed by atoms with Crippen molar-refractivity contribution < 1.29 is 17.9 Å². The van der Waals surface area contributed by atoms with E-state index < -0.39 is 16.0 Å². The van der Waals surface area contributed by atoms with Gasteiger partial charge in [-0.05, 0) is 67.1 Å². The van der Waals surface area contributed by atoms with Crippen molar-refractivity contribution in [3.8, 4) is 5.75 Å². The standard InChI is InChI=1S/C21H16Cl2N2O4S/c1-14-2-9-18(10-3-14)30(27,28)25-24-13-15-4-7-17(8-5-15)29-21(26)19-11-6-16(22)12-20(19)23/h2-13,25H,1H3/b24-13+. The number of halogens is 2. The lowest BCUT2D eigenvalue weighted by Gasteiger charge is -2.06. The van der Waals surface area contributed by atoms with Crippen molar-refractivity contribution in [2.45, 2.75) is 11.8 Å². The van der Waals surface area contributed by atoms with Gasteiger partial charge in [0.2, 0.25) is 0 Å². The van der Waals surface area contributed by atoms with Crippen molar-refractivity contribution in [1.29, 1.82) is 0 Å². The monoisotopic (exact) mass is 462 g/mol. The Balaban J connectivity index is 1.62. The van der Waals surface area contributed by atoms with Crippen LogP contribution in [0.5, 0.6) is 5.75 Å². The summed E-state index contributed by atoms with van der Waals surface area (Å²) in [5.41, 5.74) is 1.75. The molecule has 6 nitrogen and oxygen atoms in total. The summed E-state index contributed by atoms with van der Waals surface area (Å²) < 4.78 is 29.7. The molecule has 0 saturated heterocycles. The van der Waals surface area contributed by atoms with Crippen LogP contribution in [0.25, 0.3) is 0 Å². The van der Waals surface area contributed by atoms with Crippen molar-refractivity contribution >= 4 is 45.4 Å². The van der Waals surface area contributed by atoms with E-state index in [0.29, 0.717) is 16.3 Å². The normalized spacial score (nSPS) is 11.4. The minimum Gasteiger partial charge on any atom is -0.423 e. The number of hydrogen-bond acceptors (Lipinski definition) is 5. The van der Waals surface area contributed by atoms with Gasteiger partial charge < -0.3 is 4.74 Å². The Hall–Kier alpha value is -2.87. The molecule has 30 heavy (non-hydrogen) atoms. The second-order valence-electron chi connectivity index (χ2n) is 6.25. The van der Waals surface area contributed by atoms with Gasteiger partial charge in [0.1, 0.15) is 5.75 Å². The van der Waals surface area contributed by atoms with E-state index in [4.69, 9.17) is 27.9 Å². The summed E-state index contributed by atoms with van der Waals surface area (Å²) in [6.07, 6.45) is 1.34. The fourth-order valence-corrected chi connectivity index (χ4v) is 3.66. The van der Waals surface area contributed by atoms with Crippen LogP contribution in [0, 0.1) is 6.92 Å². The van der Waals surface area contributed by atoms with Gasteiger partial charge in [-0.2, -0.15) is 13.5 Å². The molecule has 0 atom stereocenters. The maximum Gasteiger partial charge on any atom is 0.345 e. The number of carbonyl (C=O) groups excluding carboxylic acids is 1. The van der Waals surface area contributed by atoms with Crippen LogP contribution in [0.4, 0.5) is 0 Å². The Morgan fingerprint density at radius 1 is 1.00 bits per heavy atom. The van der Waals surface area contributed by atoms with Gasteiger partial charge in [0.05, 0.1) is 21.7 Å². The van der Waals surface area contributed by atoms with Gasteiger partial charge in [-0.3, -0.25) is 0 Å². The van der Waals surface area contributed by atoms with E-state index in [1.165, 1.54) is 30.5 Å². The van der Waals surface area contributed by atoms with E-state index in [0.717, 1.165) is 5.56 Å². The van der Waals surface area contributed by atoms with Gasteiger partial charge >= 0.3 is 5.97 Å². The molecular formula is C21H16Cl2N2O4S. The first-order chi connectivity index (χ1) is 14.2. The highest BCUT2D eigenvalue weighted by atomic mass is 35.5. The smallest absolute Gasteiger partial charge is 0.345 e. The van der Waals surface area contributed by atoms with Crippen molar-refractivity contribution in [3.63, 3.8) is 0 Å². The first kappa shape index (κ1) is 21.8. The number of ether oxygens (including phenoxy) is 1. The molecule has 0 aromatic heterocycles. The third-order valence-electron chi connectivity index (χ3n) is 3.96. The summed E-state index contributed by atoms with van der Waals surface area (Å²) in [5.74, 6) is -0.327. The number of aryl methyl sites for hydroxylation is 1. The van der Waals surface area contributed by atoms with E-state index in [9.17, 15) is 13.2 Å². The maximum atomic E-state index is 12.2. The van der Waals surface area contributed by atoms with E-state index in [-0.39, 0.29) is 15.5 Å². The third-order valence-corrected chi connectivity index (χ3v) is 5.75. The Kier molecular flexibility index (Phi) is 6.77. The van der Waals surface area contributed by atoms with E-state index >= 15 is 0 Å². The van der Waals surface area contributed by atoms with E-state index in [2.05, 4.69) is 9.93 Å². The maximum absolute atomic E-state index is 12.2. The molecule has 0 amide bonds. The number of rotatable bonds is 6. The van der Waals surface area contributed by atoms with Crippen LogP contribution in [-0.2, 0) is 10.0 Å². The Morgan fingerprint density at radius 3 is 2.30 bits per heavy atom. The average Bonchev–Trinajstić information content (AvgIpc) is 2.69. The van der Waals surface area contributed by atoms with Gasteiger partial charge in [-0.1, -0.05) is 40.9 Å². The second-order valence-corrected chi connectivity index (χ2v) is 8.75. The lowest BCUT2D eigenvalue weighted by molar-refractivity contribution is 0.0735. The predicted molar refractivity (Wildman–Crippen MR) is 117 cm³/mol. The van der Waals surface area contributed by atoms with Crippen molar-refractivity contribution in [3.05, 3.63) is 93.5 Å². The molecule has 0 radical (unpaired) electrons. The zero-order chi connectivity index (χ0) is 21.7. The lowest BCUT2D eigenvalue weighted by Crippen LogP contribution is -2.18. The number of benzene rings is 3. The Morgan fingerprint density at radius 2 is 1.67 bits per heavy atom. The molecule has 0 heterocycles. The van der Waals surface area contributed by atoms with Crippen LogP contribution in [0.15, 0.2) is 76.7 Å². The molecule has 3 rings (SSSR count). The van der Waals surface area contributed by atoms with Crippen molar-refractivity contribution in [2.75, 3.05) is 0 Å². The zero-order valence-electron chi connectivity index (χ0n) is 15.7. The number of hydrogen-bond donors (Lipinski definition) is 1. The Bertz CT molecular complexity index is 1190. The minimum atomic E-state index is -3.75. The van der Waals surface area contributed by atoms with Gasteiger partial charge in [-0.25, -0.2) is 9.63 Å². The largest absolute Gasteiger partial charge is 0.423 e. The van der Waals surface area contributed by atoms with Crippen molar-refractivity contribution in [1.82, 2.24) is 4.83 Å². The first-order valence-corrected chi connectivity index (χ1v) is 10.9. The van der Waals surface area contributed by atoms with Gasteiger partial charge in [0.15, 0.2) is 0 Å². The molecule has 0 bridgehead atoms. The summed E-state index contributed by atoms with van der Waals surface area (Å²) in [4.78, 5) is 14.5. The number of nitrogens with one attached hydrogen (secondary N) is 1. The Labute approximate surface area is 184 Å². The molecular weight excluding hydrogens is 447 g/mol. The number of carbonyl (C=O) groups is 1. The van der Waals surface area contributed by atoms with Crippen LogP contribution < -0.4 is 9.57 Å². The molecule has 3 aromatic rings. The SMILES string of the molecule is Cc1ccc(S(=O)(=O)N/N=C/c2ccc(OC(=O)c3ccc(Cl)cc3Cl)cc2)cc1. The molecule has 9 heteroatoms. The van der Waals surface area contributed by atoms with Gasteiger partial charge in [-0.15, -0.1) is 0 Å². The van der Waals surface area contributed by atoms with E-state index in [1.807, 2.05) is 6.92 Å². The number of sulfonamides is 1. The lowest BCUT2D eigenvalue weighted by atomic mass is 10.2. The third kappa shape index (κ3) is 5.60. The molecule has 0 aliphatic heterocycles. The number of hydrazone groups is 1. The molecule has 0 aliphatic rings. The fourth-order valence-electron chi connectivity index (χ4n) is 2.38. The molecule has 3 aromatic carbocycles. The topological polar surface area (TPSA) is 84.8 Å². The molecule has 154 valence electrons. The summed E-state index contributed by atoms with van der Waals surface area (Å²) in [6.45, 7) is 1.87. The highest BCUT2D eigenvalue weighted by Gasteiger charge is 2.14. The van der Waals surface area contributed by atoms with Crippen LogP contribution in [0.3, 0.4) is 0 Å². The number of esters is 1. The van der Waals surface area contributed by atoms with Gasteiger partial charge in [0.25, 0.3) is 10.0 Å². The molecule has 0 unspecified atom stereocenters. The molecule has 1 N–H and O–H groups in total. The molecule has 0 spiro atoms. The van der Waals surface area contributed by atoms with Crippen LogP contribution in [0.2, 0.25) is 10.0 Å². The zero-order valence-corrected chi connectivity index (χ0v) is 18.0. The fraction of sp³-hybridized carbons (Fsp3) is 0.0476. The molecule has 0 saturated carbocycles. The predicted octanol–water partition coefficient (Wildman–Crippen LogP) is 4.83. The summed E-state index contributed by atoms with van der Waals surface area (Å²) in [6, 6.07) is 17.2. The first-order valence-electron chi connectivity index (χ1n) is 8.63. The van der Waals surface area contributed by atoms with Gasteiger partial charge in [0, 0.05) is 5.02 Å². The van der Waals surface area contributed by atoms with Crippen LogP contribution in [-0.4, -0.2) is 20.6 Å². The summed E-state index contributed by atoms with van der Waals surface area (Å²) in [7, 11) is -3.75. The summed E-state index contributed by atoms with van der Waals surface area (Å²) in [5, 5.41) is 4.38. The highest BCUT2D eigenvalue weighted by Crippen LogP contribution is 2.23. The number of nitrogens with zero attached hydrogens (tertiary/aromatic N) is 1. The summed E-state index contributed by atoms with van der Waals surface area (Å²) >= 11 is 11.8. The van der Waals surface area contributed by atoms with E-state index in [1.54, 1.807) is 42.5 Å². The highest BCUT2D eigenvalue weighted by molar-refractivity contribution is 7.89. The average molecular weight is 463 g/mol. The minimum absolute atomic E-state index is 0.119. The van der Waals surface area contributed by atoms with Crippen molar-refractivity contribution in [2.24, 2.45) is 5.10 Å². The second kappa shape index (κ2) is 9.30. The molecule has 0 fully saturated rings. The van der Waals surface area contributed by atoms with Crippen LogP contribution in [0.1, 0.15) is 21.5 Å².